The minimum atomic E-state index is -0.434. The van der Waals surface area contributed by atoms with Gasteiger partial charge in [-0.1, -0.05) is 23.2 Å². The Morgan fingerprint density at radius 1 is 1.21 bits per heavy atom. The van der Waals surface area contributed by atoms with E-state index in [4.69, 9.17) is 40.7 Å². The lowest BCUT2D eigenvalue weighted by Gasteiger charge is -2.13. The van der Waals surface area contributed by atoms with Crippen LogP contribution in [0, 0.1) is 11.3 Å². The summed E-state index contributed by atoms with van der Waals surface area (Å²) in [6.45, 7) is 0. The molecular weight excluding hydrogens is 369 g/mol. The van der Waals surface area contributed by atoms with Crippen molar-refractivity contribution in [2.75, 3.05) is 7.05 Å². The van der Waals surface area contributed by atoms with Gasteiger partial charge < -0.3 is 5.32 Å². The van der Waals surface area contributed by atoms with Crippen LogP contribution >= 0.6 is 35.4 Å². The van der Waals surface area contributed by atoms with Crippen LogP contribution in [0.3, 0.4) is 0 Å². The van der Waals surface area contributed by atoms with Crippen LogP contribution in [-0.2, 0) is 0 Å². The van der Waals surface area contributed by atoms with Crippen LogP contribution < -0.4 is 16.2 Å². The number of nitrogens with one attached hydrogen (secondary N) is 3. The maximum absolute atomic E-state index is 12.4. The number of amides is 1. The second-order valence-electron chi connectivity index (χ2n) is 4.53. The highest BCUT2D eigenvalue weighted by Gasteiger charge is 2.15. The molecule has 0 aliphatic carbocycles. The van der Waals surface area contributed by atoms with Gasteiger partial charge in [0.1, 0.15) is 10.3 Å². The highest BCUT2D eigenvalue weighted by atomic mass is 35.5. The molecule has 3 N–H and O–H groups in total. The number of carbonyl (C=O) groups excluding carboxylic acids is 1. The second-order valence-corrected chi connectivity index (χ2v) is 5.71. The molecule has 122 valence electrons. The molecule has 2 aromatic rings. The molecule has 0 aliphatic heterocycles. The molecule has 6 nitrogen and oxygen atoms in total. The fourth-order valence-corrected chi connectivity index (χ4v) is 2.43. The molecular formula is C15H11Cl2N5OS. The summed E-state index contributed by atoms with van der Waals surface area (Å²) >= 11 is 16.8. The van der Waals surface area contributed by atoms with E-state index in [9.17, 15) is 4.79 Å². The fourth-order valence-electron chi connectivity index (χ4n) is 1.91. The number of benzene rings is 1. The van der Waals surface area contributed by atoms with Crippen molar-refractivity contribution in [3.8, 4) is 17.2 Å². The van der Waals surface area contributed by atoms with Crippen molar-refractivity contribution in [3.05, 3.63) is 51.8 Å². The van der Waals surface area contributed by atoms with E-state index in [2.05, 4.69) is 21.2 Å². The minimum absolute atomic E-state index is 0.181. The zero-order valence-corrected chi connectivity index (χ0v) is 14.7. The molecule has 0 unspecified atom stereocenters. The van der Waals surface area contributed by atoms with Crippen LogP contribution in [0.5, 0.6) is 0 Å². The lowest BCUT2D eigenvalue weighted by Crippen LogP contribution is -2.45. The third-order valence-electron chi connectivity index (χ3n) is 2.98. The van der Waals surface area contributed by atoms with Gasteiger partial charge in [-0.15, -0.1) is 0 Å². The van der Waals surface area contributed by atoms with Gasteiger partial charge in [0, 0.05) is 12.6 Å². The molecule has 24 heavy (non-hydrogen) atoms. The summed E-state index contributed by atoms with van der Waals surface area (Å²) in [5.41, 5.74) is 6.80. The highest BCUT2D eigenvalue weighted by molar-refractivity contribution is 7.80. The molecule has 0 radical (unpaired) electrons. The molecule has 1 heterocycles. The Balaban J connectivity index is 2.47. The minimum Gasteiger partial charge on any atom is -0.364 e. The first kappa shape index (κ1) is 17.9. The van der Waals surface area contributed by atoms with E-state index in [1.54, 1.807) is 31.3 Å². The number of hydrogen-bond acceptors (Lipinski definition) is 4. The first-order valence-electron chi connectivity index (χ1n) is 6.60. The summed E-state index contributed by atoms with van der Waals surface area (Å²) < 4.78 is 0. The zero-order valence-electron chi connectivity index (χ0n) is 12.4. The van der Waals surface area contributed by atoms with Crippen LogP contribution in [0.15, 0.2) is 30.3 Å². The number of carbonyl (C=O) groups is 1. The van der Waals surface area contributed by atoms with Crippen LogP contribution in [-0.4, -0.2) is 23.1 Å². The second kappa shape index (κ2) is 7.93. The Labute approximate surface area is 153 Å². The normalized spacial score (nSPS) is 9.75. The fraction of sp³-hybridized carbons (Fsp3) is 0.0667. The number of hydrazine groups is 1. The van der Waals surface area contributed by atoms with Crippen LogP contribution in [0.2, 0.25) is 10.3 Å². The Bertz CT molecular complexity index is 830. The van der Waals surface area contributed by atoms with Crippen molar-refractivity contribution in [1.82, 2.24) is 21.2 Å². The van der Waals surface area contributed by atoms with E-state index < -0.39 is 5.91 Å². The Morgan fingerprint density at radius 2 is 1.88 bits per heavy atom. The molecule has 0 bridgehead atoms. The number of rotatable bonds is 2. The first-order valence-corrected chi connectivity index (χ1v) is 7.76. The monoisotopic (exact) mass is 379 g/mol. The van der Waals surface area contributed by atoms with Gasteiger partial charge in [-0.3, -0.25) is 15.6 Å². The lowest BCUT2D eigenvalue weighted by atomic mass is 9.98. The highest BCUT2D eigenvalue weighted by Crippen LogP contribution is 2.28. The number of nitrogens with zero attached hydrogens (tertiary/aromatic N) is 2. The topological polar surface area (TPSA) is 89.8 Å². The van der Waals surface area contributed by atoms with Crippen LogP contribution in [0.4, 0.5) is 0 Å². The molecule has 0 aliphatic rings. The summed E-state index contributed by atoms with van der Waals surface area (Å²) in [6, 6.07) is 9.81. The summed E-state index contributed by atoms with van der Waals surface area (Å²) in [5.74, 6) is -0.434. The lowest BCUT2D eigenvalue weighted by molar-refractivity contribution is 0.0944. The molecule has 0 spiro atoms. The van der Waals surface area contributed by atoms with Crippen molar-refractivity contribution in [1.29, 1.82) is 5.26 Å². The van der Waals surface area contributed by atoms with Gasteiger partial charge in [-0.2, -0.15) is 5.26 Å². The van der Waals surface area contributed by atoms with Gasteiger partial charge in [0.2, 0.25) is 0 Å². The van der Waals surface area contributed by atoms with E-state index in [0.717, 1.165) is 0 Å². The van der Waals surface area contributed by atoms with Gasteiger partial charge in [0.05, 0.1) is 11.6 Å². The third kappa shape index (κ3) is 4.32. The van der Waals surface area contributed by atoms with Crippen molar-refractivity contribution < 1.29 is 4.79 Å². The molecule has 2 rings (SSSR count). The van der Waals surface area contributed by atoms with Gasteiger partial charge in [-0.25, -0.2) is 4.98 Å². The van der Waals surface area contributed by atoms with Gasteiger partial charge in [0.15, 0.2) is 5.11 Å². The van der Waals surface area contributed by atoms with E-state index in [0.29, 0.717) is 22.3 Å². The van der Waals surface area contributed by atoms with Crippen molar-refractivity contribution >= 4 is 46.4 Å². The summed E-state index contributed by atoms with van der Waals surface area (Å²) in [7, 11) is 1.62. The number of hydrogen-bond donors (Lipinski definition) is 3. The van der Waals surface area contributed by atoms with Gasteiger partial charge >= 0.3 is 0 Å². The third-order valence-corrected chi connectivity index (χ3v) is 3.68. The van der Waals surface area contributed by atoms with E-state index in [1.807, 2.05) is 6.07 Å². The molecule has 1 aromatic heterocycles. The average Bonchev–Trinajstić information content (AvgIpc) is 2.57. The molecule has 1 amide bonds. The van der Waals surface area contributed by atoms with Crippen molar-refractivity contribution in [2.24, 2.45) is 0 Å². The van der Waals surface area contributed by atoms with E-state index in [-0.39, 0.29) is 15.4 Å². The van der Waals surface area contributed by atoms with Crippen molar-refractivity contribution in [2.45, 2.75) is 0 Å². The van der Waals surface area contributed by atoms with Crippen LogP contribution in [0.1, 0.15) is 15.9 Å². The smallest absolute Gasteiger partial charge is 0.270 e. The maximum atomic E-state index is 12.4. The zero-order chi connectivity index (χ0) is 17.7. The molecule has 0 saturated carbocycles. The van der Waals surface area contributed by atoms with E-state index in [1.165, 1.54) is 6.07 Å². The molecule has 9 heteroatoms. The maximum Gasteiger partial charge on any atom is 0.270 e. The number of halogens is 2. The predicted molar refractivity (Wildman–Crippen MR) is 96.7 cm³/mol. The first-order chi connectivity index (χ1) is 11.4. The Hall–Kier alpha value is -2.40. The molecule has 1 aromatic carbocycles. The summed E-state index contributed by atoms with van der Waals surface area (Å²) in [4.78, 5) is 16.3. The number of aromatic nitrogens is 1. The molecule has 0 fully saturated rings. The Kier molecular flexibility index (Phi) is 5.93. The van der Waals surface area contributed by atoms with Gasteiger partial charge in [0.25, 0.3) is 5.91 Å². The quantitative estimate of drug-likeness (QED) is 0.422. The van der Waals surface area contributed by atoms with Gasteiger partial charge in [-0.05, 0) is 53.7 Å². The number of pyridine rings is 1. The van der Waals surface area contributed by atoms with Crippen LogP contribution in [0.25, 0.3) is 11.1 Å². The average molecular weight is 380 g/mol. The number of nitriles is 1. The van der Waals surface area contributed by atoms with Crippen molar-refractivity contribution in [3.63, 3.8) is 0 Å². The standard InChI is InChI=1S/C15H11Cl2N5OS/c1-19-15(24)22-21-14(23)10-3-2-8(7-18)4-11(10)9-5-12(16)20-13(17)6-9/h2-6H,1H3,(H,21,23)(H2,19,22,24). The predicted octanol–water partition coefficient (Wildman–Crippen LogP) is 2.67. The number of thiocarbonyl (C=S) groups is 1. The SMILES string of the molecule is CNC(=S)NNC(=O)c1ccc(C#N)cc1-c1cc(Cl)nc(Cl)c1. The molecule has 0 atom stereocenters. The summed E-state index contributed by atoms with van der Waals surface area (Å²) in [6.07, 6.45) is 0. The molecule has 0 saturated heterocycles. The summed E-state index contributed by atoms with van der Waals surface area (Å²) in [5, 5.41) is 12.4. The van der Waals surface area contributed by atoms with E-state index >= 15 is 0 Å². The Morgan fingerprint density at radius 3 is 2.46 bits per heavy atom. The largest absolute Gasteiger partial charge is 0.364 e.